The summed E-state index contributed by atoms with van der Waals surface area (Å²) >= 11 is 0. The first-order chi connectivity index (χ1) is 20.1. The van der Waals surface area contributed by atoms with Gasteiger partial charge in [-0.15, -0.1) is 0 Å². The molecule has 214 valence electrons. The highest BCUT2D eigenvalue weighted by atomic mass is 19.1. The second-order valence-electron chi connectivity index (χ2n) is 9.07. The van der Waals surface area contributed by atoms with E-state index in [1.807, 2.05) is 11.9 Å². The molecule has 0 aliphatic carbocycles. The highest BCUT2D eigenvalue weighted by molar-refractivity contribution is 6.00. The quantitative estimate of drug-likeness (QED) is 0.157. The molecule has 0 atom stereocenters. The minimum absolute atomic E-state index is 0.0655. The average Bonchev–Trinajstić information content (AvgIpc) is 3.40. The maximum absolute atomic E-state index is 15.7. The molecule has 0 spiro atoms. The number of likely N-dealkylation sites (N-methyl/N-ethyl adjacent to an activating group) is 1. The zero-order valence-corrected chi connectivity index (χ0v) is 22.0. The summed E-state index contributed by atoms with van der Waals surface area (Å²) in [5, 5.41) is 27.0. The Hall–Kier alpha value is -5.72. The van der Waals surface area contributed by atoms with Crippen LogP contribution in [0.1, 0.15) is 21.5 Å². The van der Waals surface area contributed by atoms with Gasteiger partial charge in [0.15, 0.2) is 11.5 Å². The molecule has 0 saturated heterocycles. The zero-order valence-electron chi connectivity index (χ0n) is 22.0. The first-order valence-corrected chi connectivity index (χ1v) is 12.4. The Labute approximate surface area is 237 Å². The van der Waals surface area contributed by atoms with Gasteiger partial charge in [-0.3, -0.25) is 10.4 Å². The summed E-state index contributed by atoms with van der Waals surface area (Å²) in [5.74, 6) is -6.73. The second kappa shape index (κ2) is 11.4. The number of hydrogen-bond donors (Lipinski definition) is 4. The molecule has 2 heterocycles. The van der Waals surface area contributed by atoms with Gasteiger partial charge < -0.3 is 35.1 Å². The lowest BCUT2D eigenvalue weighted by Crippen LogP contribution is -2.23. The fourth-order valence-corrected chi connectivity index (χ4v) is 4.01. The molecule has 0 amide bonds. The first-order valence-electron chi connectivity index (χ1n) is 12.4. The summed E-state index contributed by atoms with van der Waals surface area (Å²) < 4.78 is 48.0. The Bertz CT molecular complexity index is 1730. The number of ether oxygens (including phenoxy) is 3. The molecule has 13 heteroatoms. The molecule has 42 heavy (non-hydrogen) atoms. The van der Waals surface area contributed by atoms with Crippen molar-refractivity contribution in [3.05, 3.63) is 95.1 Å². The van der Waals surface area contributed by atoms with Crippen LogP contribution in [0.15, 0.2) is 71.7 Å². The number of aromatic nitrogens is 1. The summed E-state index contributed by atoms with van der Waals surface area (Å²) in [4.78, 5) is 21.5. The number of halogens is 2. The van der Waals surface area contributed by atoms with Crippen LogP contribution < -0.4 is 19.9 Å². The number of nitrogen functional groups attached to an aromatic ring is 1. The molecule has 4 aromatic rings. The summed E-state index contributed by atoms with van der Waals surface area (Å²) in [7, 11) is 1.88. The van der Waals surface area contributed by atoms with Gasteiger partial charge in [0, 0.05) is 24.7 Å². The van der Waals surface area contributed by atoms with Crippen LogP contribution in [0.5, 0.6) is 40.5 Å². The van der Waals surface area contributed by atoms with Crippen LogP contribution in [0.2, 0.25) is 0 Å². The lowest BCUT2D eigenvalue weighted by atomic mass is 10.2. The molecule has 11 nitrogen and oxygen atoms in total. The minimum Gasteiger partial charge on any atom is -0.504 e. The Balaban J connectivity index is 1.56. The van der Waals surface area contributed by atoms with E-state index in [1.165, 1.54) is 48.5 Å². The maximum atomic E-state index is 15.7. The molecule has 1 aliphatic heterocycles. The summed E-state index contributed by atoms with van der Waals surface area (Å²) in [6.45, 7) is 1.36. The smallest absolute Gasteiger partial charge is 0.335 e. The summed E-state index contributed by atoms with van der Waals surface area (Å²) in [5.41, 5.74) is 6.31. The molecule has 5 rings (SSSR count). The number of carbonyl (C=O) groups is 1. The van der Waals surface area contributed by atoms with E-state index in [4.69, 9.17) is 30.5 Å². The van der Waals surface area contributed by atoms with Crippen molar-refractivity contribution in [3.8, 4) is 40.5 Å². The molecule has 1 aromatic heterocycles. The lowest BCUT2D eigenvalue weighted by Gasteiger charge is -2.16. The standard InChI is InChI=1S/C29H23F2N5O6/c1-36-12-11-34-26(36)17-3-2-4-19(13-17)41-27-22(30)24(40-18-8-5-15(6-9-18)29(38)39)23(31)28(35-27)42-21-14-16(25(32)33)7-10-20(21)37/h2-10,13-14,37H,11-12H2,1H3,(H3,32,33)(H,38,39). The van der Waals surface area contributed by atoms with Crippen LogP contribution in [-0.2, 0) is 0 Å². The number of aromatic hydroxyl groups is 1. The predicted octanol–water partition coefficient (Wildman–Crippen LogP) is 5.12. The van der Waals surface area contributed by atoms with E-state index in [0.717, 1.165) is 6.54 Å². The van der Waals surface area contributed by atoms with Crippen molar-refractivity contribution < 1.29 is 38.0 Å². The molecule has 5 N–H and O–H groups in total. The number of amidine groups is 2. The number of aromatic carboxylic acids is 1. The van der Waals surface area contributed by atoms with Crippen LogP contribution >= 0.6 is 0 Å². The summed E-state index contributed by atoms with van der Waals surface area (Å²) in [6.07, 6.45) is 0. The van der Waals surface area contributed by atoms with Gasteiger partial charge in [-0.2, -0.15) is 13.8 Å². The Morgan fingerprint density at radius 3 is 2.29 bits per heavy atom. The van der Waals surface area contributed by atoms with Crippen molar-refractivity contribution in [2.45, 2.75) is 0 Å². The number of nitrogens with one attached hydrogen (secondary N) is 1. The van der Waals surface area contributed by atoms with Crippen molar-refractivity contribution in [1.29, 1.82) is 5.41 Å². The molecular formula is C29H23F2N5O6. The number of phenolic OH excluding ortho intramolecular Hbond substituents is 1. The Kier molecular flexibility index (Phi) is 7.56. The zero-order chi connectivity index (χ0) is 30.0. The van der Waals surface area contributed by atoms with Gasteiger partial charge in [0.1, 0.15) is 23.2 Å². The number of aliphatic imine (C=N–C) groups is 1. The molecule has 0 unspecified atom stereocenters. The van der Waals surface area contributed by atoms with Crippen molar-refractivity contribution in [1.82, 2.24) is 9.88 Å². The van der Waals surface area contributed by atoms with Crippen LogP contribution in [0.25, 0.3) is 0 Å². The number of nitrogens with zero attached hydrogens (tertiary/aromatic N) is 3. The van der Waals surface area contributed by atoms with E-state index in [-0.39, 0.29) is 34.2 Å². The number of carboxylic acid groups (broad SMARTS) is 1. The fraction of sp³-hybridized carbons (Fsp3) is 0.103. The van der Waals surface area contributed by atoms with Gasteiger partial charge in [0.2, 0.25) is 17.4 Å². The van der Waals surface area contributed by atoms with E-state index in [2.05, 4.69) is 9.98 Å². The molecular weight excluding hydrogens is 552 g/mol. The normalized spacial score (nSPS) is 12.5. The third-order valence-electron chi connectivity index (χ3n) is 6.14. The third-order valence-corrected chi connectivity index (χ3v) is 6.14. The van der Waals surface area contributed by atoms with Gasteiger partial charge in [-0.05, 0) is 54.6 Å². The number of pyridine rings is 1. The van der Waals surface area contributed by atoms with Crippen molar-refractivity contribution in [2.24, 2.45) is 10.7 Å². The largest absolute Gasteiger partial charge is 0.504 e. The van der Waals surface area contributed by atoms with Gasteiger partial charge >= 0.3 is 5.97 Å². The Morgan fingerprint density at radius 1 is 0.952 bits per heavy atom. The van der Waals surface area contributed by atoms with Gasteiger partial charge in [-0.25, -0.2) is 4.79 Å². The Morgan fingerprint density at radius 2 is 1.64 bits per heavy atom. The number of hydrogen-bond acceptors (Lipinski definition) is 9. The van der Waals surface area contributed by atoms with Crippen LogP contribution in [0, 0.1) is 17.0 Å². The van der Waals surface area contributed by atoms with Crippen molar-refractivity contribution >= 4 is 17.6 Å². The van der Waals surface area contributed by atoms with Crippen molar-refractivity contribution in [3.63, 3.8) is 0 Å². The first kappa shape index (κ1) is 27.8. The van der Waals surface area contributed by atoms with E-state index >= 15 is 8.78 Å². The number of nitrogens with two attached hydrogens (primary N) is 1. The predicted molar refractivity (Wildman–Crippen MR) is 147 cm³/mol. The van der Waals surface area contributed by atoms with E-state index in [9.17, 15) is 9.90 Å². The summed E-state index contributed by atoms with van der Waals surface area (Å²) in [6, 6.07) is 15.2. The minimum atomic E-state index is -1.38. The average molecular weight is 576 g/mol. The molecule has 0 fully saturated rings. The molecule has 3 aromatic carbocycles. The SMILES string of the molecule is CN1CCN=C1c1cccc(Oc2nc(Oc3cc(C(=N)N)ccc3O)c(F)c(Oc3ccc(C(=O)O)cc3)c2F)c1. The molecule has 0 bridgehead atoms. The lowest BCUT2D eigenvalue weighted by molar-refractivity contribution is 0.0697. The second-order valence-corrected chi connectivity index (χ2v) is 9.07. The topological polar surface area (TPSA) is 164 Å². The van der Waals surface area contributed by atoms with Crippen LogP contribution in [0.3, 0.4) is 0 Å². The highest BCUT2D eigenvalue weighted by Gasteiger charge is 2.27. The van der Waals surface area contributed by atoms with Gasteiger partial charge in [0.05, 0.1) is 12.1 Å². The highest BCUT2D eigenvalue weighted by Crippen LogP contribution is 2.41. The van der Waals surface area contributed by atoms with E-state index in [1.54, 1.807) is 18.2 Å². The van der Waals surface area contributed by atoms with Crippen LogP contribution in [0.4, 0.5) is 8.78 Å². The maximum Gasteiger partial charge on any atom is 0.335 e. The number of carboxylic acids is 1. The number of phenols is 1. The van der Waals surface area contributed by atoms with Crippen LogP contribution in [-0.4, -0.2) is 57.9 Å². The molecule has 0 radical (unpaired) electrons. The molecule has 0 saturated carbocycles. The van der Waals surface area contributed by atoms with E-state index < -0.39 is 40.9 Å². The third kappa shape index (κ3) is 5.75. The van der Waals surface area contributed by atoms with Crippen molar-refractivity contribution in [2.75, 3.05) is 20.1 Å². The molecule has 1 aliphatic rings. The van der Waals surface area contributed by atoms with Gasteiger partial charge in [-0.1, -0.05) is 12.1 Å². The number of benzene rings is 3. The van der Waals surface area contributed by atoms with Gasteiger partial charge in [0.25, 0.3) is 11.8 Å². The van der Waals surface area contributed by atoms with E-state index in [0.29, 0.717) is 17.9 Å². The monoisotopic (exact) mass is 575 g/mol. The number of rotatable bonds is 9. The fourth-order valence-electron chi connectivity index (χ4n) is 4.01.